The van der Waals surface area contributed by atoms with Gasteiger partial charge in [-0.3, -0.25) is 4.68 Å². The summed E-state index contributed by atoms with van der Waals surface area (Å²) in [5, 5.41) is 12.9. The van der Waals surface area contributed by atoms with Crippen LogP contribution in [-0.4, -0.2) is 35.1 Å². The fraction of sp³-hybridized carbons (Fsp3) is 0.600. The van der Waals surface area contributed by atoms with E-state index < -0.39 is 16.1 Å². The van der Waals surface area contributed by atoms with Gasteiger partial charge < -0.3 is 0 Å². The average molecular weight is 289 g/mol. The Bertz CT molecular complexity index is 570. The number of sulfonamides is 1. The fourth-order valence-corrected chi connectivity index (χ4v) is 4.34. The van der Waals surface area contributed by atoms with Gasteiger partial charge in [-0.05, 0) is 19.3 Å². The summed E-state index contributed by atoms with van der Waals surface area (Å²) in [5.74, 6) is 0. The van der Waals surface area contributed by atoms with Gasteiger partial charge in [-0.1, -0.05) is 11.6 Å². The molecule has 1 fully saturated rings. The van der Waals surface area contributed by atoms with Crippen molar-refractivity contribution in [3.63, 3.8) is 0 Å². The molecular weight excluding hydrogens is 276 g/mol. The van der Waals surface area contributed by atoms with E-state index in [0.29, 0.717) is 13.0 Å². The Labute approximate surface area is 111 Å². The zero-order valence-electron chi connectivity index (χ0n) is 9.87. The predicted molar refractivity (Wildman–Crippen MR) is 65.4 cm³/mol. The third kappa shape index (κ3) is 2.11. The summed E-state index contributed by atoms with van der Waals surface area (Å²) >= 11 is 5.87. The molecule has 0 spiro atoms. The molecule has 1 aliphatic rings. The van der Waals surface area contributed by atoms with Gasteiger partial charge in [-0.25, -0.2) is 8.42 Å². The molecule has 0 aliphatic carbocycles. The second-order valence-electron chi connectivity index (χ2n) is 4.18. The van der Waals surface area contributed by atoms with Gasteiger partial charge in [-0.15, -0.1) is 0 Å². The fourth-order valence-electron chi connectivity index (χ4n) is 2.12. The van der Waals surface area contributed by atoms with Gasteiger partial charge in [0.2, 0.25) is 0 Å². The van der Waals surface area contributed by atoms with Gasteiger partial charge in [-0.2, -0.15) is 14.7 Å². The summed E-state index contributed by atoms with van der Waals surface area (Å²) in [7, 11) is -2.24. The zero-order valence-corrected chi connectivity index (χ0v) is 11.4. The molecule has 6 nitrogen and oxygen atoms in total. The smallest absolute Gasteiger partial charge is 0.255 e. The van der Waals surface area contributed by atoms with E-state index in [-0.39, 0.29) is 10.0 Å². The van der Waals surface area contributed by atoms with Crippen molar-refractivity contribution < 1.29 is 8.42 Å². The Kier molecular flexibility index (Phi) is 3.61. The Hall–Kier alpha value is -1.10. The van der Waals surface area contributed by atoms with Crippen LogP contribution in [0.15, 0.2) is 11.2 Å². The number of nitriles is 1. The highest BCUT2D eigenvalue weighted by molar-refractivity contribution is 7.89. The lowest BCUT2D eigenvalue weighted by atomic mass is 10.1. The number of rotatable bonds is 2. The molecule has 0 N–H and O–H groups in total. The number of hydrogen-bond acceptors (Lipinski definition) is 4. The Balaban J connectivity index is 2.46. The lowest BCUT2D eigenvalue weighted by molar-refractivity contribution is 0.295. The first kappa shape index (κ1) is 13.3. The van der Waals surface area contributed by atoms with Crippen LogP contribution in [0.5, 0.6) is 0 Å². The van der Waals surface area contributed by atoms with E-state index in [1.54, 1.807) is 0 Å². The van der Waals surface area contributed by atoms with E-state index in [9.17, 15) is 8.42 Å². The standard InChI is InChI=1S/C10H13ClN4O2S/c1-14-10(9(11)7-13-14)18(16,17)15-5-3-2-4-8(15)6-12/h7-8H,2-5H2,1H3. The lowest BCUT2D eigenvalue weighted by Crippen LogP contribution is -2.43. The highest BCUT2D eigenvalue weighted by Gasteiger charge is 2.36. The molecule has 0 aromatic carbocycles. The van der Waals surface area contributed by atoms with Crippen LogP contribution in [-0.2, 0) is 17.1 Å². The normalized spacial score (nSPS) is 21.7. The second-order valence-corrected chi connectivity index (χ2v) is 6.39. The highest BCUT2D eigenvalue weighted by atomic mass is 35.5. The third-order valence-electron chi connectivity index (χ3n) is 3.00. The van der Waals surface area contributed by atoms with Crippen LogP contribution >= 0.6 is 11.6 Å². The molecule has 8 heteroatoms. The maximum absolute atomic E-state index is 12.5. The Morgan fingerprint density at radius 2 is 2.28 bits per heavy atom. The molecule has 0 amide bonds. The first-order valence-electron chi connectivity index (χ1n) is 5.57. The molecule has 2 heterocycles. The number of hydrogen-bond donors (Lipinski definition) is 0. The topological polar surface area (TPSA) is 79.0 Å². The van der Waals surface area contributed by atoms with Gasteiger partial charge in [0, 0.05) is 13.6 Å². The van der Waals surface area contributed by atoms with Crippen LogP contribution in [0.1, 0.15) is 19.3 Å². The van der Waals surface area contributed by atoms with Crippen molar-refractivity contribution in [2.24, 2.45) is 7.05 Å². The number of piperidine rings is 1. The predicted octanol–water partition coefficient (Wildman–Crippen LogP) is 1.14. The highest BCUT2D eigenvalue weighted by Crippen LogP contribution is 2.28. The summed E-state index contributed by atoms with van der Waals surface area (Å²) in [4.78, 5) is 0. The maximum Gasteiger partial charge on any atom is 0.262 e. The summed E-state index contributed by atoms with van der Waals surface area (Å²) in [5.41, 5.74) is 0. The minimum absolute atomic E-state index is 0.0497. The zero-order chi connectivity index (χ0) is 13.3. The Morgan fingerprint density at radius 3 is 2.83 bits per heavy atom. The van der Waals surface area contributed by atoms with E-state index in [4.69, 9.17) is 16.9 Å². The van der Waals surface area contributed by atoms with Gasteiger partial charge in [0.15, 0.2) is 5.03 Å². The SMILES string of the molecule is Cn1ncc(Cl)c1S(=O)(=O)N1CCCCC1C#N. The molecule has 1 atom stereocenters. The van der Waals surface area contributed by atoms with Crippen molar-refractivity contribution in [1.29, 1.82) is 5.26 Å². The summed E-state index contributed by atoms with van der Waals surface area (Å²) in [6.07, 6.45) is 3.47. The average Bonchev–Trinajstić information content (AvgIpc) is 2.69. The van der Waals surface area contributed by atoms with Gasteiger partial charge in [0.05, 0.1) is 17.3 Å². The van der Waals surface area contributed by atoms with Crippen molar-refractivity contribution in [3.8, 4) is 6.07 Å². The van der Waals surface area contributed by atoms with E-state index >= 15 is 0 Å². The van der Waals surface area contributed by atoms with Crippen molar-refractivity contribution in [3.05, 3.63) is 11.2 Å². The second kappa shape index (κ2) is 4.88. The molecule has 0 radical (unpaired) electrons. The minimum atomic E-state index is -3.76. The molecule has 0 bridgehead atoms. The number of aryl methyl sites for hydroxylation is 1. The van der Waals surface area contributed by atoms with Crippen molar-refractivity contribution in [1.82, 2.24) is 14.1 Å². The van der Waals surface area contributed by atoms with Crippen LogP contribution in [0, 0.1) is 11.3 Å². The van der Waals surface area contributed by atoms with Crippen LogP contribution in [0.25, 0.3) is 0 Å². The first-order chi connectivity index (χ1) is 8.48. The van der Waals surface area contributed by atoms with E-state index in [2.05, 4.69) is 5.10 Å². The molecule has 18 heavy (non-hydrogen) atoms. The monoisotopic (exact) mass is 288 g/mol. The van der Waals surface area contributed by atoms with Crippen molar-refractivity contribution in [2.45, 2.75) is 30.3 Å². The molecule has 1 aliphatic heterocycles. The number of aromatic nitrogens is 2. The van der Waals surface area contributed by atoms with Crippen LogP contribution in [0.3, 0.4) is 0 Å². The van der Waals surface area contributed by atoms with E-state index in [1.807, 2.05) is 6.07 Å². The minimum Gasteiger partial charge on any atom is -0.255 e. The lowest BCUT2D eigenvalue weighted by Gasteiger charge is -2.30. The molecule has 2 rings (SSSR count). The van der Waals surface area contributed by atoms with Crippen molar-refractivity contribution >= 4 is 21.6 Å². The molecule has 1 aromatic heterocycles. The van der Waals surface area contributed by atoms with Crippen LogP contribution in [0.2, 0.25) is 5.02 Å². The van der Waals surface area contributed by atoms with E-state index in [1.165, 1.54) is 22.2 Å². The van der Waals surface area contributed by atoms with Crippen LogP contribution < -0.4 is 0 Å². The largest absolute Gasteiger partial charge is 0.262 e. The molecule has 0 saturated carbocycles. The van der Waals surface area contributed by atoms with Gasteiger partial charge in [0.25, 0.3) is 10.0 Å². The molecule has 98 valence electrons. The molecule has 1 aromatic rings. The summed E-state index contributed by atoms with van der Waals surface area (Å²) in [6.45, 7) is 0.349. The number of nitrogens with zero attached hydrogens (tertiary/aromatic N) is 4. The van der Waals surface area contributed by atoms with Crippen molar-refractivity contribution in [2.75, 3.05) is 6.54 Å². The van der Waals surface area contributed by atoms with E-state index in [0.717, 1.165) is 12.8 Å². The molecule has 1 saturated heterocycles. The van der Waals surface area contributed by atoms with Gasteiger partial charge >= 0.3 is 0 Å². The Morgan fingerprint density at radius 1 is 1.56 bits per heavy atom. The summed E-state index contributed by atoms with van der Waals surface area (Å²) < 4.78 is 27.4. The number of halogens is 1. The maximum atomic E-state index is 12.5. The summed E-state index contributed by atoms with van der Waals surface area (Å²) in [6, 6.07) is 1.42. The third-order valence-corrected chi connectivity index (χ3v) is 5.41. The van der Waals surface area contributed by atoms with Gasteiger partial charge in [0.1, 0.15) is 6.04 Å². The first-order valence-corrected chi connectivity index (χ1v) is 7.39. The quantitative estimate of drug-likeness (QED) is 0.817. The molecule has 1 unspecified atom stereocenters. The van der Waals surface area contributed by atoms with Crippen LogP contribution in [0.4, 0.5) is 0 Å². The molecular formula is C10H13ClN4O2S.